The zero-order valence-electron chi connectivity index (χ0n) is 10.1. The first-order valence-corrected chi connectivity index (χ1v) is 6.03. The minimum absolute atomic E-state index is 0.257. The van der Waals surface area contributed by atoms with E-state index in [-0.39, 0.29) is 6.23 Å². The maximum absolute atomic E-state index is 10.7. The molecule has 1 atom stereocenters. The lowest BCUT2D eigenvalue weighted by Gasteiger charge is -2.15. The van der Waals surface area contributed by atoms with E-state index < -0.39 is 0 Å². The van der Waals surface area contributed by atoms with E-state index >= 15 is 0 Å². The van der Waals surface area contributed by atoms with Crippen molar-refractivity contribution >= 4 is 5.91 Å². The van der Waals surface area contributed by atoms with Gasteiger partial charge in [0.2, 0.25) is 5.91 Å². The number of likely N-dealkylation sites (tertiary alicyclic amines) is 2. The zero-order chi connectivity index (χ0) is 12.0. The van der Waals surface area contributed by atoms with Crippen LogP contribution in [-0.4, -0.2) is 46.7 Å². The normalized spacial score (nSPS) is 24.4. The number of hydrogen-bond donors (Lipinski definition) is 1. The predicted molar refractivity (Wildman–Crippen MR) is 63.6 cm³/mol. The third-order valence-electron chi connectivity index (χ3n) is 3.05. The van der Waals surface area contributed by atoms with Crippen molar-refractivity contribution in [2.75, 3.05) is 19.6 Å². The Bertz CT molecular complexity index is 243. The first kappa shape index (κ1) is 13.0. The monoisotopic (exact) mass is 226 g/mol. The second-order valence-electron chi connectivity index (χ2n) is 4.12. The van der Waals surface area contributed by atoms with Crippen molar-refractivity contribution in [2.24, 2.45) is 0 Å². The van der Waals surface area contributed by atoms with Crippen LogP contribution in [0.3, 0.4) is 0 Å². The molecule has 0 radical (unpaired) electrons. The molecule has 1 amide bonds. The molecule has 0 aromatic heterocycles. The molecule has 2 aliphatic rings. The Morgan fingerprint density at radius 1 is 1.50 bits per heavy atom. The first-order chi connectivity index (χ1) is 7.69. The number of rotatable bonds is 2. The van der Waals surface area contributed by atoms with Crippen LogP contribution in [0, 0.1) is 0 Å². The Morgan fingerprint density at radius 3 is 2.50 bits per heavy atom. The lowest BCUT2D eigenvalue weighted by Crippen LogP contribution is -2.23. The van der Waals surface area contributed by atoms with Crippen molar-refractivity contribution in [1.82, 2.24) is 9.80 Å². The van der Waals surface area contributed by atoms with Crippen LogP contribution in [0.2, 0.25) is 0 Å². The summed E-state index contributed by atoms with van der Waals surface area (Å²) in [7, 11) is 0. The minimum atomic E-state index is -0.257. The van der Waals surface area contributed by atoms with Crippen LogP contribution in [0.25, 0.3) is 0 Å². The van der Waals surface area contributed by atoms with Gasteiger partial charge in [-0.05, 0) is 32.4 Å². The lowest BCUT2D eigenvalue weighted by atomic mass is 10.4. The van der Waals surface area contributed by atoms with Crippen molar-refractivity contribution < 1.29 is 9.90 Å². The second kappa shape index (κ2) is 6.53. The van der Waals surface area contributed by atoms with Crippen LogP contribution in [0.1, 0.15) is 32.6 Å². The third kappa shape index (κ3) is 3.52. The summed E-state index contributed by atoms with van der Waals surface area (Å²) in [6.45, 7) is 8.41. The summed E-state index contributed by atoms with van der Waals surface area (Å²) >= 11 is 0. The summed E-state index contributed by atoms with van der Waals surface area (Å²) in [5.74, 6) is 0.326. The Balaban J connectivity index is 0.000000160. The largest absolute Gasteiger partial charge is 0.374 e. The van der Waals surface area contributed by atoms with E-state index in [9.17, 15) is 4.79 Å². The number of carbonyl (C=O) groups excluding carboxylic acids is 1. The molecule has 1 N–H and O–H groups in total. The smallest absolute Gasteiger partial charge is 0.222 e. The molecular formula is C12H22N2O2. The van der Waals surface area contributed by atoms with Gasteiger partial charge in [-0.25, -0.2) is 0 Å². The van der Waals surface area contributed by atoms with Crippen molar-refractivity contribution in [3.8, 4) is 0 Å². The standard InChI is InChI=1S/2C6H11NO/c2*1-2-7-5-3-4-6(7)8/h2-5H2,1H3;2,6,8H,1,3-5H2. The maximum Gasteiger partial charge on any atom is 0.222 e. The van der Waals surface area contributed by atoms with E-state index in [0.29, 0.717) is 5.91 Å². The maximum atomic E-state index is 10.7. The van der Waals surface area contributed by atoms with Crippen LogP contribution in [-0.2, 0) is 4.79 Å². The molecule has 0 aliphatic carbocycles. The van der Waals surface area contributed by atoms with E-state index in [1.165, 1.54) is 0 Å². The van der Waals surface area contributed by atoms with Crippen molar-refractivity contribution in [3.05, 3.63) is 12.8 Å². The Morgan fingerprint density at radius 2 is 2.25 bits per heavy atom. The van der Waals surface area contributed by atoms with Gasteiger partial charge in [0.1, 0.15) is 6.23 Å². The van der Waals surface area contributed by atoms with Crippen molar-refractivity contribution in [1.29, 1.82) is 0 Å². The number of hydrogen-bond acceptors (Lipinski definition) is 3. The van der Waals surface area contributed by atoms with E-state index in [2.05, 4.69) is 6.58 Å². The van der Waals surface area contributed by atoms with Crippen LogP contribution in [0.5, 0.6) is 0 Å². The van der Waals surface area contributed by atoms with E-state index in [0.717, 1.165) is 45.3 Å². The molecule has 92 valence electrons. The first-order valence-electron chi connectivity index (χ1n) is 6.03. The average molecular weight is 226 g/mol. The Hall–Kier alpha value is -1.03. The van der Waals surface area contributed by atoms with Crippen molar-refractivity contribution in [2.45, 2.75) is 38.8 Å². The van der Waals surface area contributed by atoms with Gasteiger partial charge in [0.05, 0.1) is 0 Å². The highest BCUT2D eigenvalue weighted by atomic mass is 16.3. The highest BCUT2D eigenvalue weighted by molar-refractivity contribution is 5.77. The topological polar surface area (TPSA) is 43.8 Å². The van der Waals surface area contributed by atoms with Gasteiger partial charge < -0.3 is 14.9 Å². The molecule has 2 saturated heterocycles. The second-order valence-corrected chi connectivity index (χ2v) is 4.12. The lowest BCUT2D eigenvalue weighted by molar-refractivity contribution is -0.127. The molecular weight excluding hydrogens is 204 g/mol. The minimum Gasteiger partial charge on any atom is -0.374 e. The molecule has 1 unspecified atom stereocenters. The van der Waals surface area contributed by atoms with E-state index in [1.807, 2.05) is 16.7 Å². The quantitative estimate of drug-likeness (QED) is 0.768. The molecule has 0 spiro atoms. The summed E-state index contributed by atoms with van der Waals surface area (Å²) in [6, 6.07) is 0. The van der Waals surface area contributed by atoms with E-state index in [4.69, 9.17) is 5.11 Å². The van der Waals surface area contributed by atoms with Gasteiger partial charge >= 0.3 is 0 Å². The zero-order valence-corrected chi connectivity index (χ0v) is 10.1. The molecule has 2 fully saturated rings. The molecule has 2 heterocycles. The van der Waals surface area contributed by atoms with Crippen LogP contribution in [0.4, 0.5) is 0 Å². The van der Waals surface area contributed by atoms with Gasteiger partial charge in [-0.1, -0.05) is 6.58 Å². The molecule has 4 nitrogen and oxygen atoms in total. The number of carbonyl (C=O) groups is 1. The number of aliphatic hydroxyl groups excluding tert-OH is 1. The third-order valence-corrected chi connectivity index (χ3v) is 3.05. The van der Waals surface area contributed by atoms with Crippen LogP contribution in [0.15, 0.2) is 12.8 Å². The summed E-state index contributed by atoms with van der Waals surface area (Å²) in [6.07, 6.45) is 5.25. The average Bonchev–Trinajstić information content (AvgIpc) is 2.87. The highest BCUT2D eigenvalue weighted by Gasteiger charge is 2.17. The molecule has 2 aliphatic heterocycles. The van der Waals surface area contributed by atoms with Crippen LogP contribution < -0.4 is 0 Å². The number of amides is 1. The van der Waals surface area contributed by atoms with Gasteiger partial charge in [0.15, 0.2) is 0 Å². The molecule has 16 heavy (non-hydrogen) atoms. The number of nitrogens with zero attached hydrogens (tertiary/aromatic N) is 2. The number of aliphatic hydroxyl groups is 1. The van der Waals surface area contributed by atoms with Gasteiger partial charge in [0.25, 0.3) is 0 Å². The van der Waals surface area contributed by atoms with Gasteiger partial charge in [0, 0.05) is 26.1 Å². The Labute approximate surface area is 97.5 Å². The highest BCUT2D eigenvalue weighted by Crippen LogP contribution is 2.13. The van der Waals surface area contributed by atoms with Crippen molar-refractivity contribution in [3.63, 3.8) is 0 Å². The molecule has 0 saturated carbocycles. The van der Waals surface area contributed by atoms with Gasteiger partial charge in [-0.3, -0.25) is 4.79 Å². The summed E-state index contributed by atoms with van der Waals surface area (Å²) in [5, 5.41) is 9.04. The summed E-state index contributed by atoms with van der Waals surface area (Å²) in [4.78, 5) is 14.5. The van der Waals surface area contributed by atoms with Gasteiger partial charge in [-0.15, -0.1) is 0 Å². The summed E-state index contributed by atoms with van der Waals surface area (Å²) in [5.41, 5.74) is 0. The summed E-state index contributed by atoms with van der Waals surface area (Å²) < 4.78 is 0. The molecule has 4 heteroatoms. The molecule has 0 aromatic rings. The molecule has 2 rings (SSSR count). The fourth-order valence-electron chi connectivity index (χ4n) is 2.02. The Kier molecular flexibility index (Phi) is 5.32. The van der Waals surface area contributed by atoms with Gasteiger partial charge in [-0.2, -0.15) is 0 Å². The predicted octanol–water partition coefficient (Wildman–Crippen LogP) is 1.17. The van der Waals surface area contributed by atoms with Crippen LogP contribution >= 0.6 is 0 Å². The SMILES string of the molecule is C=CN1CCCC1O.CCN1CCCC1=O. The molecule has 0 aromatic carbocycles. The molecule has 0 bridgehead atoms. The fraction of sp³-hybridized carbons (Fsp3) is 0.750. The fourth-order valence-corrected chi connectivity index (χ4v) is 2.02. The van der Waals surface area contributed by atoms with E-state index in [1.54, 1.807) is 6.20 Å².